The molecule has 116 valence electrons. The summed E-state index contributed by atoms with van der Waals surface area (Å²) >= 11 is 0. The van der Waals surface area contributed by atoms with Crippen LogP contribution in [-0.4, -0.2) is 36.5 Å². The Morgan fingerprint density at radius 1 is 1.24 bits per heavy atom. The SMILES string of the molecule is COC1(c2noc(C3C4CCC(C4)C3N)n2)CCOCC1. The maximum Gasteiger partial charge on any atom is 0.231 e. The van der Waals surface area contributed by atoms with E-state index in [0.717, 1.165) is 12.8 Å². The van der Waals surface area contributed by atoms with Crippen LogP contribution in [0.25, 0.3) is 0 Å². The zero-order valence-electron chi connectivity index (χ0n) is 12.5. The number of fused-ring (bicyclic) bond motifs is 2. The standard InChI is InChI=1S/C15H23N3O3/c1-19-15(4-6-20-7-5-15)14-17-13(21-18-14)11-9-2-3-10(8-9)12(11)16/h9-12H,2-8,16H2,1H3. The fourth-order valence-corrected chi connectivity index (χ4v) is 4.48. The van der Waals surface area contributed by atoms with Gasteiger partial charge in [0, 0.05) is 39.2 Å². The molecule has 0 amide bonds. The summed E-state index contributed by atoms with van der Waals surface area (Å²) in [7, 11) is 1.71. The highest BCUT2D eigenvalue weighted by atomic mass is 16.5. The lowest BCUT2D eigenvalue weighted by atomic mass is 9.85. The van der Waals surface area contributed by atoms with Crippen molar-refractivity contribution < 1.29 is 14.0 Å². The van der Waals surface area contributed by atoms with Crippen molar-refractivity contribution in [3.05, 3.63) is 11.7 Å². The van der Waals surface area contributed by atoms with Gasteiger partial charge >= 0.3 is 0 Å². The summed E-state index contributed by atoms with van der Waals surface area (Å²) in [5.74, 6) is 2.87. The number of nitrogens with two attached hydrogens (primary N) is 1. The first kappa shape index (κ1) is 13.7. The molecule has 4 atom stereocenters. The van der Waals surface area contributed by atoms with E-state index in [-0.39, 0.29) is 12.0 Å². The maximum absolute atomic E-state index is 6.37. The van der Waals surface area contributed by atoms with Crippen LogP contribution in [0.5, 0.6) is 0 Å². The second-order valence-corrected chi connectivity index (χ2v) is 6.70. The van der Waals surface area contributed by atoms with Crippen LogP contribution in [0.1, 0.15) is 49.7 Å². The molecule has 1 aromatic rings. The van der Waals surface area contributed by atoms with Gasteiger partial charge < -0.3 is 19.7 Å². The third kappa shape index (κ3) is 2.04. The molecule has 4 unspecified atom stereocenters. The van der Waals surface area contributed by atoms with Crippen LogP contribution in [-0.2, 0) is 15.1 Å². The highest BCUT2D eigenvalue weighted by Gasteiger charge is 2.49. The van der Waals surface area contributed by atoms with Gasteiger partial charge in [-0.15, -0.1) is 0 Å². The first-order valence-corrected chi connectivity index (χ1v) is 7.96. The van der Waals surface area contributed by atoms with Gasteiger partial charge in [-0.3, -0.25) is 0 Å². The van der Waals surface area contributed by atoms with E-state index >= 15 is 0 Å². The number of aromatic nitrogens is 2. The molecule has 2 heterocycles. The van der Waals surface area contributed by atoms with E-state index in [1.54, 1.807) is 7.11 Å². The van der Waals surface area contributed by atoms with Crippen LogP contribution >= 0.6 is 0 Å². The normalized spacial score (nSPS) is 38.0. The van der Waals surface area contributed by atoms with Crippen LogP contribution in [0.4, 0.5) is 0 Å². The molecule has 6 heteroatoms. The monoisotopic (exact) mass is 293 g/mol. The Bertz CT molecular complexity index is 510. The molecule has 3 fully saturated rings. The van der Waals surface area contributed by atoms with Gasteiger partial charge in [-0.1, -0.05) is 5.16 Å². The van der Waals surface area contributed by atoms with Crippen molar-refractivity contribution in [2.45, 2.75) is 49.7 Å². The van der Waals surface area contributed by atoms with Gasteiger partial charge in [0.05, 0.1) is 5.92 Å². The lowest BCUT2D eigenvalue weighted by molar-refractivity contribution is -0.101. The molecule has 0 radical (unpaired) electrons. The molecule has 3 aliphatic rings. The van der Waals surface area contributed by atoms with Crippen LogP contribution in [0.15, 0.2) is 4.52 Å². The number of rotatable bonds is 3. The van der Waals surface area contributed by atoms with Crippen molar-refractivity contribution in [3.8, 4) is 0 Å². The number of hydrogen-bond acceptors (Lipinski definition) is 6. The Morgan fingerprint density at radius 2 is 2.00 bits per heavy atom. The lowest BCUT2D eigenvalue weighted by Gasteiger charge is -2.32. The minimum absolute atomic E-state index is 0.172. The van der Waals surface area contributed by atoms with Crippen LogP contribution in [0.3, 0.4) is 0 Å². The molecule has 2 N–H and O–H groups in total. The summed E-state index contributed by atoms with van der Waals surface area (Å²) in [4.78, 5) is 4.69. The zero-order valence-corrected chi connectivity index (χ0v) is 12.5. The predicted molar refractivity (Wildman–Crippen MR) is 74.6 cm³/mol. The summed E-state index contributed by atoms with van der Waals surface area (Å²) in [5, 5.41) is 4.22. The number of hydrogen-bond donors (Lipinski definition) is 1. The molecule has 0 aromatic carbocycles. The summed E-state index contributed by atoms with van der Waals surface area (Å²) in [6.07, 6.45) is 5.25. The van der Waals surface area contributed by atoms with E-state index in [2.05, 4.69) is 10.1 Å². The molecule has 2 bridgehead atoms. The molecule has 1 saturated heterocycles. The zero-order chi connectivity index (χ0) is 14.4. The van der Waals surface area contributed by atoms with Gasteiger partial charge in [0.15, 0.2) is 0 Å². The highest BCUT2D eigenvalue weighted by molar-refractivity contribution is 5.13. The molecule has 1 aliphatic heterocycles. The molecule has 2 aliphatic carbocycles. The second-order valence-electron chi connectivity index (χ2n) is 6.70. The number of ether oxygens (including phenoxy) is 2. The summed E-state index contributed by atoms with van der Waals surface area (Å²) in [6, 6.07) is 0.172. The third-order valence-electron chi connectivity index (χ3n) is 5.81. The van der Waals surface area contributed by atoms with Crippen molar-refractivity contribution in [2.75, 3.05) is 20.3 Å². The van der Waals surface area contributed by atoms with Crippen LogP contribution < -0.4 is 5.73 Å². The summed E-state index contributed by atoms with van der Waals surface area (Å²) in [5.41, 5.74) is 5.91. The van der Waals surface area contributed by atoms with Crippen molar-refractivity contribution >= 4 is 0 Å². The quantitative estimate of drug-likeness (QED) is 0.910. The molecule has 4 rings (SSSR count). The van der Waals surface area contributed by atoms with Crippen molar-refractivity contribution in [3.63, 3.8) is 0 Å². The van der Waals surface area contributed by atoms with Crippen molar-refractivity contribution in [1.82, 2.24) is 10.1 Å². The Morgan fingerprint density at radius 3 is 2.67 bits per heavy atom. The average molecular weight is 293 g/mol. The van der Waals surface area contributed by atoms with E-state index in [1.807, 2.05) is 0 Å². The Balaban J connectivity index is 1.61. The van der Waals surface area contributed by atoms with Gasteiger partial charge in [0.25, 0.3) is 0 Å². The van der Waals surface area contributed by atoms with Gasteiger partial charge in [-0.25, -0.2) is 0 Å². The molecular formula is C15H23N3O3. The first-order chi connectivity index (χ1) is 10.2. The average Bonchev–Trinajstić information content (AvgIpc) is 3.23. The Hall–Kier alpha value is -0.980. The highest BCUT2D eigenvalue weighted by Crippen LogP contribution is 2.52. The van der Waals surface area contributed by atoms with E-state index < -0.39 is 5.60 Å². The molecule has 6 nitrogen and oxygen atoms in total. The van der Waals surface area contributed by atoms with Gasteiger partial charge in [-0.05, 0) is 31.1 Å². The number of methoxy groups -OCH3 is 1. The predicted octanol–water partition coefficient (Wildman–Crippen LogP) is 1.56. The van der Waals surface area contributed by atoms with Gasteiger partial charge in [0.1, 0.15) is 5.60 Å². The topological polar surface area (TPSA) is 83.4 Å². The lowest BCUT2D eigenvalue weighted by Crippen LogP contribution is -2.37. The van der Waals surface area contributed by atoms with E-state index in [9.17, 15) is 0 Å². The van der Waals surface area contributed by atoms with Crippen molar-refractivity contribution in [1.29, 1.82) is 0 Å². The maximum atomic E-state index is 6.37. The Labute approximate surface area is 124 Å². The largest absolute Gasteiger partial charge is 0.381 e. The fourth-order valence-electron chi connectivity index (χ4n) is 4.48. The smallest absolute Gasteiger partial charge is 0.231 e. The fraction of sp³-hybridized carbons (Fsp3) is 0.867. The summed E-state index contributed by atoms with van der Waals surface area (Å²) < 4.78 is 16.7. The van der Waals surface area contributed by atoms with Crippen LogP contribution in [0.2, 0.25) is 0 Å². The second kappa shape index (κ2) is 5.04. The van der Waals surface area contributed by atoms with Crippen molar-refractivity contribution in [2.24, 2.45) is 17.6 Å². The first-order valence-electron chi connectivity index (χ1n) is 7.96. The van der Waals surface area contributed by atoms with E-state index in [0.29, 0.717) is 36.8 Å². The van der Waals surface area contributed by atoms with E-state index in [4.69, 9.17) is 19.7 Å². The summed E-state index contributed by atoms with van der Waals surface area (Å²) in [6.45, 7) is 1.34. The minimum atomic E-state index is -0.457. The number of nitrogens with zero attached hydrogens (tertiary/aromatic N) is 2. The minimum Gasteiger partial charge on any atom is -0.381 e. The molecular weight excluding hydrogens is 270 g/mol. The molecule has 21 heavy (non-hydrogen) atoms. The van der Waals surface area contributed by atoms with Crippen LogP contribution in [0, 0.1) is 11.8 Å². The molecule has 1 aromatic heterocycles. The third-order valence-corrected chi connectivity index (χ3v) is 5.81. The van der Waals surface area contributed by atoms with E-state index in [1.165, 1.54) is 19.3 Å². The van der Waals surface area contributed by atoms with Gasteiger partial charge in [0.2, 0.25) is 11.7 Å². The molecule has 0 spiro atoms. The molecule has 2 saturated carbocycles. The van der Waals surface area contributed by atoms with Gasteiger partial charge in [-0.2, -0.15) is 4.98 Å². The Kier molecular flexibility index (Phi) is 3.28.